The lowest BCUT2D eigenvalue weighted by atomic mass is 10.2. The summed E-state index contributed by atoms with van der Waals surface area (Å²) in [6.45, 7) is 13.0. The molecular weight excluding hydrogens is 260 g/mol. The molecule has 1 unspecified atom stereocenters. The van der Waals surface area contributed by atoms with Gasteiger partial charge in [0, 0.05) is 19.6 Å². The van der Waals surface area contributed by atoms with Gasteiger partial charge in [-0.1, -0.05) is 32.9 Å². The lowest BCUT2D eigenvalue weighted by Gasteiger charge is -2.16. The molecule has 1 aliphatic heterocycles. The van der Waals surface area contributed by atoms with Gasteiger partial charge in [0.2, 0.25) is 0 Å². The van der Waals surface area contributed by atoms with Crippen LogP contribution in [0.25, 0.3) is 0 Å². The Labute approximate surface area is 129 Å². The van der Waals surface area contributed by atoms with Crippen LogP contribution in [0.15, 0.2) is 24.3 Å². The highest BCUT2D eigenvalue weighted by atomic mass is 16.5. The van der Waals surface area contributed by atoms with E-state index in [0.717, 1.165) is 37.9 Å². The van der Waals surface area contributed by atoms with E-state index >= 15 is 0 Å². The number of nitrogens with zero attached hydrogens (tertiary/aromatic N) is 1. The normalized spacial score (nSPS) is 19.3. The summed E-state index contributed by atoms with van der Waals surface area (Å²) in [5.74, 6) is 2.53. The van der Waals surface area contributed by atoms with E-state index in [0.29, 0.717) is 5.92 Å². The minimum Gasteiger partial charge on any atom is -0.492 e. The summed E-state index contributed by atoms with van der Waals surface area (Å²) in [5.41, 5.74) is 1.29. The molecule has 1 saturated heterocycles. The summed E-state index contributed by atoms with van der Waals surface area (Å²) in [6, 6.07) is 8.44. The molecule has 1 atom stereocenters. The second-order valence-corrected chi connectivity index (χ2v) is 6.72. The van der Waals surface area contributed by atoms with Gasteiger partial charge in [0.25, 0.3) is 0 Å². The summed E-state index contributed by atoms with van der Waals surface area (Å²) in [4.78, 5) is 2.50. The summed E-state index contributed by atoms with van der Waals surface area (Å²) < 4.78 is 5.90. The van der Waals surface area contributed by atoms with Crippen molar-refractivity contribution in [2.45, 2.75) is 33.7 Å². The van der Waals surface area contributed by atoms with E-state index in [4.69, 9.17) is 4.74 Å². The molecular formula is C18H30N2O. The van der Waals surface area contributed by atoms with Crippen molar-refractivity contribution >= 4 is 0 Å². The van der Waals surface area contributed by atoms with E-state index in [1.54, 1.807) is 0 Å². The standard InChI is InChI=1S/C18H30N2O/c1-15(2)12-19-13-17-5-4-6-18(11-17)21-10-9-20-8-7-16(3)14-20/h4-6,11,15-16,19H,7-10,12-14H2,1-3H3. The molecule has 3 heteroatoms. The largest absolute Gasteiger partial charge is 0.492 e. The van der Waals surface area contributed by atoms with Gasteiger partial charge in [-0.2, -0.15) is 0 Å². The third-order valence-electron chi connectivity index (χ3n) is 3.96. The van der Waals surface area contributed by atoms with Gasteiger partial charge < -0.3 is 10.1 Å². The quantitative estimate of drug-likeness (QED) is 0.796. The van der Waals surface area contributed by atoms with Gasteiger partial charge in [0.1, 0.15) is 12.4 Å². The van der Waals surface area contributed by atoms with Crippen LogP contribution < -0.4 is 10.1 Å². The van der Waals surface area contributed by atoms with Gasteiger partial charge in [-0.25, -0.2) is 0 Å². The van der Waals surface area contributed by atoms with E-state index in [2.05, 4.69) is 55.3 Å². The van der Waals surface area contributed by atoms with Crippen molar-refractivity contribution in [1.82, 2.24) is 10.2 Å². The van der Waals surface area contributed by atoms with Crippen molar-refractivity contribution in [3.05, 3.63) is 29.8 Å². The van der Waals surface area contributed by atoms with Crippen LogP contribution in [0, 0.1) is 11.8 Å². The highest BCUT2D eigenvalue weighted by Crippen LogP contribution is 2.16. The second-order valence-electron chi connectivity index (χ2n) is 6.72. The molecule has 1 aromatic rings. The zero-order valence-corrected chi connectivity index (χ0v) is 13.8. The fourth-order valence-electron chi connectivity index (χ4n) is 2.77. The molecule has 2 rings (SSSR count). The molecule has 1 N–H and O–H groups in total. The Balaban J connectivity index is 1.70. The van der Waals surface area contributed by atoms with Crippen molar-refractivity contribution in [1.29, 1.82) is 0 Å². The topological polar surface area (TPSA) is 24.5 Å². The fraction of sp³-hybridized carbons (Fsp3) is 0.667. The number of hydrogen-bond acceptors (Lipinski definition) is 3. The first-order valence-corrected chi connectivity index (χ1v) is 8.28. The minimum absolute atomic E-state index is 0.687. The summed E-state index contributed by atoms with van der Waals surface area (Å²) >= 11 is 0. The van der Waals surface area contributed by atoms with Crippen LogP contribution in [0.1, 0.15) is 32.8 Å². The first kappa shape index (κ1) is 16.3. The van der Waals surface area contributed by atoms with E-state index in [9.17, 15) is 0 Å². The Kier molecular flexibility index (Phi) is 6.52. The van der Waals surface area contributed by atoms with Crippen LogP contribution >= 0.6 is 0 Å². The third-order valence-corrected chi connectivity index (χ3v) is 3.96. The van der Waals surface area contributed by atoms with Gasteiger partial charge >= 0.3 is 0 Å². The van der Waals surface area contributed by atoms with Crippen molar-refractivity contribution in [2.24, 2.45) is 11.8 Å². The van der Waals surface area contributed by atoms with Crippen LogP contribution in [-0.2, 0) is 6.54 Å². The molecule has 21 heavy (non-hydrogen) atoms. The number of rotatable bonds is 8. The minimum atomic E-state index is 0.687. The summed E-state index contributed by atoms with van der Waals surface area (Å²) in [5, 5.41) is 3.47. The maximum Gasteiger partial charge on any atom is 0.119 e. The first-order valence-electron chi connectivity index (χ1n) is 8.28. The monoisotopic (exact) mass is 290 g/mol. The van der Waals surface area contributed by atoms with Gasteiger partial charge in [0.05, 0.1) is 0 Å². The molecule has 0 radical (unpaired) electrons. The average Bonchev–Trinajstić information content (AvgIpc) is 2.85. The van der Waals surface area contributed by atoms with Crippen LogP contribution in [0.3, 0.4) is 0 Å². The summed E-state index contributed by atoms with van der Waals surface area (Å²) in [7, 11) is 0. The SMILES string of the molecule is CC(C)CNCc1cccc(OCCN2CCC(C)C2)c1. The van der Waals surface area contributed by atoms with E-state index in [1.165, 1.54) is 25.1 Å². The van der Waals surface area contributed by atoms with Gasteiger partial charge in [0.15, 0.2) is 0 Å². The number of nitrogens with one attached hydrogen (secondary N) is 1. The van der Waals surface area contributed by atoms with Crippen LogP contribution in [0.2, 0.25) is 0 Å². The number of ether oxygens (including phenoxy) is 1. The molecule has 0 bridgehead atoms. The number of hydrogen-bond donors (Lipinski definition) is 1. The molecule has 0 aromatic heterocycles. The highest BCUT2D eigenvalue weighted by Gasteiger charge is 2.17. The number of likely N-dealkylation sites (tertiary alicyclic amines) is 1. The number of benzene rings is 1. The molecule has 1 aliphatic rings. The fourth-order valence-corrected chi connectivity index (χ4v) is 2.77. The zero-order chi connectivity index (χ0) is 15.1. The predicted octanol–water partition coefficient (Wildman–Crippen LogP) is 3.15. The van der Waals surface area contributed by atoms with Crippen molar-refractivity contribution in [3.8, 4) is 5.75 Å². The molecule has 3 nitrogen and oxygen atoms in total. The van der Waals surface area contributed by atoms with E-state index in [-0.39, 0.29) is 0 Å². The van der Waals surface area contributed by atoms with Crippen LogP contribution in [0.4, 0.5) is 0 Å². The predicted molar refractivity (Wildman–Crippen MR) is 88.7 cm³/mol. The van der Waals surface area contributed by atoms with Crippen LogP contribution in [-0.4, -0.2) is 37.7 Å². The van der Waals surface area contributed by atoms with Crippen LogP contribution in [0.5, 0.6) is 5.75 Å². The lowest BCUT2D eigenvalue weighted by molar-refractivity contribution is 0.234. The Morgan fingerprint density at radius 1 is 1.38 bits per heavy atom. The van der Waals surface area contributed by atoms with Crippen molar-refractivity contribution < 1.29 is 4.74 Å². The van der Waals surface area contributed by atoms with E-state index < -0.39 is 0 Å². The van der Waals surface area contributed by atoms with E-state index in [1.807, 2.05) is 0 Å². The Hall–Kier alpha value is -1.06. The molecule has 1 aromatic carbocycles. The first-order chi connectivity index (χ1) is 10.1. The highest BCUT2D eigenvalue weighted by molar-refractivity contribution is 5.28. The summed E-state index contributed by atoms with van der Waals surface area (Å²) in [6.07, 6.45) is 1.33. The maximum absolute atomic E-state index is 5.90. The molecule has 118 valence electrons. The second kappa shape index (κ2) is 8.40. The molecule has 1 fully saturated rings. The Morgan fingerprint density at radius 2 is 2.24 bits per heavy atom. The lowest BCUT2D eigenvalue weighted by Crippen LogP contribution is -2.26. The third kappa shape index (κ3) is 6.06. The van der Waals surface area contributed by atoms with Crippen molar-refractivity contribution in [3.63, 3.8) is 0 Å². The van der Waals surface area contributed by atoms with Gasteiger partial charge in [-0.15, -0.1) is 0 Å². The van der Waals surface area contributed by atoms with Crippen molar-refractivity contribution in [2.75, 3.05) is 32.8 Å². The average molecular weight is 290 g/mol. The Morgan fingerprint density at radius 3 is 2.95 bits per heavy atom. The molecule has 0 amide bonds. The molecule has 1 heterocycles. The molecule has 0 spiro atoms. The van der Waals surface area contributed by atoms with Gasteiger partial charge in [-0.05, 0) is 49.0 Å². The Bertz CT molecular complexity index is 419. The molecule has 0 saturated carbocycles. The van der Waals surface area contributed by atoms with Gasteiger partial charge in [-0.3, -0.25) is 4.90 Å². The molecule has 0 aliphatic carbocycles. The maximum atomic E-state index is 5.90. The zero-order valence-electron chi connectivity index (χ0n) is 13.8. The smallest absolute Gasteiger partial charge is 0.119 e.